The van der Waals surface area contributed by atoms with E-state index in [1.165, 1.54) is 25.3 Å². The second kappa shape index (κ2) is 7.39. The van der Waals surface area contributed by atoms with E-state index < -0.39 is 22.8 Å². The Morgan fingerprint density at radius 2 is 2.08 bits per heavy atom. The van der Waals surface area contributed by atoms with Gasteiger partial charge in [-0.2, -0.15) is 14.0 Å². The number of alkyl halides is 2. The van der Waals surface area contributed by atoms with E-state index in [1.54, 1.807) is 6.07 Å². The van der Waals surface area contributed by atoms with Crippen molar-refractivity contribution in [1.82, 2.24) is 4.57 Å². The number of nitriles is 1. The summed E-state index contributed by atoms with van der Waals surface area (Å²) in [4.78, 5) is 22.3. The first-order valence-corrected chi connectivity index (χ1v) is 6.76. The summed E-state index contributed by atoms with van der Waals surface area (Å²) in [5, 5.41) is 19.8. The summed E-state index contributed by atoms with van der Waals surface area (Å²) in [5.74, 6) is -0.179. The zero-order valence-corrected chi connectivity index (χ0v) is 12.8. The molecule has 8 nitrogen and oxygen atoms in total. The van der Waals surface area contributed by atoms with Gasteiger partial charge in [0.15, 0.2) is 11.5 Å². The lowest BCUT2D eigenvalue weighted by atomic mass is 10.2. The van der Waals surface area contributed by atoms with Gasteiger partial charge in [0.05, 0.1) is 24.8 Å². The fraction of sp³-hybridized carbons (Fsp3) is 0.200. The van der Waals surface area contributed by atoms with E-state index in [4.69, 9.17) is 10.00 Å². The van der Waals surface area contributed by atoms with Crippen molar-refractivity contribution in [3.63, 3.8) is 0 Å². The number of rotatable bonds is 6. The first-order valence-electron chi connectivity index (χ1n) is 6.76. The quantitative estimate of drug-likeness (QED) is 0.584. The molecule has 0 spiro atoms. The zero-order valence-electron chi connectivity index (χ0n) is 12.8. The summed E-state index contributed by atoms with van der Waals surface area (Å²) in [5.41, 5.74) is -1.07. The third-order valence-corrected chi connectivity index (χ3v) is 3.20. The van der Waals surface area contributed by atoms with Crippen LogP contribution in [-0.4, -0.2) is 23.2 Å². The molecule has 0 aliphatic carbocycles. The van der Waals surface area contributed by atoms with Gasteiger partial charge in [-0.15, -0.1) is 0 Å². The van der Waals surface area contributed by atoms with Crippen LogP contribution in [-0.2, 0) is 6.54 Å². The van der Waals surface area contributed by atoms with Gasteiger partial charge in [0, 0.05) is 6.07 Å². The van der Waals surface area contributed by atoms with Gasteiger partial charge in [0.1, 0.15) is 11.6 Å². The Hall–Kier alpha value is -3.48. The molecule has 2 rings (SSSR count). The summed E-state index contributed by atoms with van der Waals surface area (Å²) < 4.78 is 34.9. The number of aromatic nitrogens is 1. The summed E-state index contributed by atoms with van der Waals surface area (Å²) >= 11 is 0. The van der Waals surface area contributed by atoms with Crippen molar-refractivity contribution < 1.29 is 23.2 Å². The van der Waals surface area contributed by atoms with Crippen LogP contribution >= 0.6 is 0 Å². The number of nitro groups is 1. The van der Waals surface area contributed by atoms with Crippen LogP contribution in [0.1, 0.15) is 11.1 Å². The predicted octanol–water partition coefficient (Wildman–Crippen LogP) is 2.29. The minimum absolute atomic E-state index is 0.0109. The van der Waals surface area contributed by atoms with E-state index >= 15 is 0 Å². The molecule has 0 fully saturated rings. The highest BCUT2D eigenvalue weighted by atomic mass is 19.3. The van der Waals surface area contributed by atoms with Crippen molar-refractivity contribution in [2.24, 2.45) is 0 Å². The van der Waals surface area contributed by atoms with Crippen molar-refractivity contribution in [2.45, 2.75) is 13.2 Å². The number of pyridine rings is 1. The Bertz CT molecular complexity index is 905. The lowest BCUT2D eigenvalue weighted by molar-refractivity contribution is -0.385. The fourth-order valence-electron chi connectivity index (χ4n) is 2.12. The maximum atomic E-state index is 12.3. The number of halogens is 2. The molecular formula is C15H11F2N3O5. The normalized spacial score (nSPS) is 10.4. The molecule has 0 amide bonds. The molecule has 0 N–H and O–H groups in total. The molecule has 0 atom stereocenters. The van der Waals surface area contributed by atoms with Gasteiger partial charge >= 0.3 is 6.61 Å². The van der Waals surface area contributed by atoms with E-state index in [-0.39, 0.29) is 23.6 Å². The number of benzene rings is 1. The highest BCUT2D eigenvalue weighted by molar-refractivity contribution is 5.43. The molecule has 0 unspecified atom stereocenters. The van der Waals surface area contributed by atoms with Crippen LogP contribution in [0.3, 0.4) is 0 Å². The molecule has 0 bridgehead atoms. The smallest absolute Gasteiger partial charge is 0.387 e. The van der Waals surface area contributed by atoms with Crippen LogP contribution in [0.4, 0.5) is 14.5 Å². The number of hydrogen-bond donors (Lipinski definition) is 0. The first-order chi connectivity index (χ1) is 11.8. The van der Waals surface area contributed by atoms with Gasteiger partial charge in [-0.05, 0) is 17.7 Å². The molecule has 0 saturated carbocycles. The van der Waals surface area contributed by atoms with Crippen LogP contribution in [0.15, 0.2) is 35.3 Å². The van der Waals surface area contributed by atoms with Crippen molar-refractivity contribution in [2.75, 3.05) is 7.11 Å². The van der Waals surface area contributed by atoms with Crippen LogP contribution in [0.25, 0.3) is 0 Å². The van der Waals surface area contributed by atoms with Crippen LogP contribution in [0, 0.1) is 21.4 Å². The van der Waals surface area contributed by atoms with Crippen molar-refractivity contribution in [3.05, 3.63) is 62.1 Å². The molecule has 2 aromatic rings. The minimum Gasteiger partial charge on any atom is -0.493 e. The van der Waals surface area contributed by atoms with E-state index in [9.17, 15) is 23.7 Å². The van der Waals surface area contributed by atoms with Gasteiger partial charge in [0.2, 0.25) is 0 Å². The Morgan fingerprint density at radius 1 is 1.36 bits per heavy atom. The summed E-state index contributed by atoms with van der Waals surface area (Å²) in [6, 6.07) is 6.48. The van der Waals surface area contributed by atoms with E-state index in [2.05, 4.69) is 4.74 Å². The third-order valence-electron chi connectivity index (χ3n) is 3.20. The Morgan fingerprint density at radius 3 is 2.64 bits per heavy atom. The van der Waals surface area contributed by atoms with Crippen LogP contribution in [0.2, 0.25) is 0 Å². The largest absolute Gasteiger partial charge is 0.493 e. The number of ether oxygens (including phenoxy) is 2. The monoisotopic (exact) mass is 351 g/mol. The van der Waals surface area contributed by atoms with E-state index in [0.29, 0.717) is 5.56 Å². The number of nitrogens with zero attached hydrogens (tertiary/aromatic N) is 3. The molecule has 1 heterocycles. The summed E-state index contributed by atoms with van der Waals surface area (Å²) in [6.45, 7) is -3.15. The molecule has 1 aromatic heterocycles. The number of hydrogen-bond acceptors (Lipinski definition) is 6. The van der Waals surface area contributed by atoms with Crippen LogP contribution < -0.4 is 15.0 Å². The standard InChI is InChI=1S/C15H11F2N3O5/c1-24-13-4-9(2-3-12(13)25-15(16)17)7-19-8-11(20(22)23)5-10(6-18)14(19)21/h2-5,8,15H,7H2,1H3. The average molecular weight is 351 g/mol. The maximum Gasteiger partial charge on any atom is 0.387 e. The summed E-state index contributed by atoms with van der Waals surface area (Å²) in [6.07, 6.45) is 0.999. The minimum atomic E-state index is -3.03. The molecule has 0 radical (unpaired) electrons. The second-order valence-corrected chi connectivity index (χ2v) is 4.78. The average Bonchev–Trinajstić information content (AvgIpc) is 2.57. The second-order valence-electron chi connectivity index (χ2n) is 4.78. The molecule has 130 valence electrons. The van der Waals surface area contributed by atoms with E-state index in [1.807, 2.05) is 0 Å². The molecule has 1 aromatic carbocycles. The van der Waals surface area contributed by atoms with Crippen molar-refractivity contribution in [3.8, 4) is 17.6 Å². The highest BCUT2D eigenvalue weighted by Crippen LogP contribution is 2.29. The van der Waals surface area contributed by atoms with Gasteiger partial charge < -0.3 is 14.0 Å². The maximum absolute atomic E-state index is 12.3. The topological polar surface area (TPSA) is 107 Å². The van der Waals surface area contributed by atoms with Gasteiger partial charge in [-0.1, -0.05) is 6.07 Å². The Kier molecular flexibility index (Phi) is 5.28. The Labute approximate surface area is 139 Å². The predicted molar refractivity (Wildman–Crippen MR) is 80.8 cm³/mol. The number of methoxy groups -OCH3 is 1. The molecule has 10 heteroatoms. The lowest BCUT2D eigenvalue weighted by Gasteiger charge is -2.12. The zero-order chi connectivity index (χ0) is 18.6. The molecule has 0 aliphatic heterocycles. The van der Waals surface area contributed by atoms with Crippen LogP contribution in [0.5, 0.6) is 11.5 Å². The van der Waals surface area contributed by atoms with E-state index in [0.717, 1.165) is 16.8 Å². The van der Waals surface area contributed by atoms with Gasteiger partial charge in [0.25, 0.3) is 11.2 Å². The lowest BCUT2D eigenvalue weighted by Crippen LogP contribution is -2.23. The summed E-state index contributed by atoms with van der Waals surface area (Å²) in [7, 11) is 1.25. The third kappa shape index (κ3) is 4.08. The van der Waals surface area contributed by atoms with Gasteiger partial charge in [-0.3, -0.25) is 14.9 Å². The highest BCUT2D eigenvalue weighted by Gasteiger charge is 2.15. The Balaban J connectivity index is 2.43. The van der Waals surface area contributed by atoms with Crippen molar-refractivity contribution in [1.29, 1.82) is 5.26 Å². The fourth-order valence-corrected chi connectivity index (χ4v) is 2.12. The molecule has 25 heavy (non-hydrogen) atoms. The molecule has 0 saturated heterocycles. The van der Waals surface area contributed by atoms with Gasteiger partial charge in [-0.25, -0.2) is 0 Å². The molecule has 0 aliphatic rings. The molecular weight excluding hydrogens is 340 g/mol. The van der Waals surface area contributed by atoms with Crippen molar-refractivity contribution >= 4 is 5.69 Å². The SMILES string of the molecule is COc1cc(Cn2cc([N+](=O)[O-])cc(C#N)c2=O)ccc1OC(F)F. The first kappa shape index (κ1) is 17.9.